The van der Waals surface area contributed by atoms with Gasteiger partial charge in [-0.1, -0.05) is 46.5 Å². The Morgan fingerprint density at radius 1 is 1.33 bits per heavy atom. The van der Waals surface area contributed by atoms with Crippen LogP contribution in [0.5, 0.6) is 0 Å². The van der Waals surface area contributed by atoms with Crippen molar-refractivity contribution in [1.29, 1.82) is 0 Å². The molecule has 0 N–H and O–H groups in total. The highest BCUT2D eigenvalue weighted by molar-refractivity contribution is 5.07. The SMILES string of the molecule is CCCCC1CC2(CCC(C)C)CCC12. The van der Waals surface area contributed by atoms with Gasteiger partial charge < -0.3 is 0 Å². The molecule has 2 saturated carbocycles. The van der Waals surface area contributed by atoms with Crippen LogP contribution in [0.3, 0.4) is 0 Å². The monoisotopic (exact) mass is 208 g/mol. The van der Waals surface area contributed by atoms with Crippen LogP contribution in [-0.2, 0) is 0 Å². The van der Waals surface area contributed by atoms with Crippen LogP contribution in [0.1, 0.15) is 72.1 Å². The first-order valence-electron chi connectivity index (χ1n) is 7.18. The van der Waals surface area contributed by atoms with Gasteiger partial charge in [-0.25, -0.2) is 0 Å². The second kappa shape index (κ2) is 4.47. The van der Waals surface area contributed by atoms with Crippen LogP contribution in [0.4, 0.5) is 0 Å². The van der Waals surface area contributed by atoms with Crippen molar-refractivity contribution < 1.29 is 0 Å². The lowest BCUT2D eigenvalue weighted by Gasteiger charge is -2.64. The van der Waals surface area contributed by atoms with Crippen molar-refractivity contribution in [3.05, 3.63) is 0 Å². The first-order chi connectivity index (χ1) is 7.18. The van der Waals surface area contributed by atoms with Crippen LogP contribution in [0, 0.1) is 23.2 Å². The molecule has 0 aromatic carbocycles. The van der Waals surface area contributed by atoms with Crippen LogP contribution >= 0.6 is 0 Å². The van der Waals surface area contributed by atoms with Crippen LogP contribution in [0.25, 0.3) is 0 Å². The molecular weight excluding hydrogens is 180 g/mol. The van der Waals surface area contributed by atoms with Gasteiger partial charge >= 0.3 is 0 Å². The van der Waals surface area contributed by atoms with Gasteiger partial charge in [0.1, 0.15) is 0 Å². The number of unbranched alkanes of at least 4 members (excludes halogenated alkanes) is 1. The minimum Gasteiger partial charge on any atom is -0.0654 e. The van der Waals surface area contributed by atoms with Crippen molar-refractivity contribution in [2.24, 2.45) is 23.2 Å². The molecule has 2 rings (SSSR count). The van der Waals surface area contributed by atoms with Crippen LogP contribution in [0.2, 0.25) is 0 Å². The minimum atomic E-state index is 0.864. The molecule has 2 fully saturated rings. The Bertz CT molecular complexity index is 206. The van der Waals surface area contributed by atoms with E-state index in [1.165, 1.54) is 32.1 Å². The standard InChI is InChI=1S/C15H28/c1-4-5-6-13-11-15(9-7-12(2)3)10-8-14(13)15/h12-14H,4-11H2,1-3H3. The summed E-state index contributed by atoms with van der Waals surface area (Å²) < 4.78 is 0. The van der Waals surface area contributed by atoms with Crippen LogP contribution in [-0.4, -0.2) is 0 Å². The van der Waals surface area contributed by atoms with Crippen LogP contribution < -0.4 is 0 Å². The number of rotatable bonds is 6. The lowest BCUT2D eigenvalue weighted by molar-refractivity contribution is -0.145. The van der Waals surface area contributed by atoms with Gasteiger partial charge in [-0.05, 0) is 48.9 Å². The van der Waals surface area contributed by atoms with E-state index in [-0.39, 0.29) is 0 Å². The Labute approximate surface area is 95.8 Å². The summed E-state index contributed by atoms with van der Waals surface area (Å²) in [5, 5.41) is 0. The van der Waals surface area contributed by atoms with E-state index >= 15 is 0 Å². The third-order valence-electron chi connectivity index (χ3n) is 5.13. The molecule has 88 valence electrons. The fourth-order valence-electron chi connectivity index (χ4n) is 3.97. The van der Waals surface area contributed by atoms with Crippen molar-refractivity contribution in [2.75, 3.05) is 0 Å². The Morgan fingerprint density at radius 3 is 2.60 bits per heavy atom. The highest BCUT2D eigenvalue weighted by atomic mass is 14.6. The largest absolute Gasteiger partial charge is 0.0654 e. The molecule has 0 heteroatoms. The molecule has 0 nitrogen and oxygen atoms in total. The summed E-state index contributed by atoms with van der Waals surface area (Å²) in [7, 11) is 0. The van der Waals surface area contributed by atoms with Gasteiger partial charge in [0.25, 0.3) is 0 Å². The highest BCUT2D eigenvalue weighted by Gasteiger charge is 2.57. The summed E-state index contributed by atoms with van der Waals surface area (Å²) in [5.74, 6) is 3.20. The highest BCUT2D eigenvalue weighted by Crippen LogP contribution is 2.67. The van der Waals surface area contributed by atoms with E-state index in [1.807, 2.05) is 0 Å². The van der Waals surface area contributed by atoms with E-state index in [0.29, 0.717) is 0 Å². The quantitative estimate of drug-likeness (QED) is 0.574. The first-order valence-corrected chi connectivity index (χ1v) is 7.18. The summed E-state index contributed by atoms with van der Waals surface area (Å²) in [6.45, 7) is 7.07. The molecule has 0 amide bonds. The predicted molar refractivity (Wildman–Crippen MR) is 66.9 cm³/mol. The topological polar surface area (TPSA) is 0 Å². The molecule has 0 spiro atoms. The predicted octanol–water partition coefficient (Wildman–Crippen LogP) is 5.03. The number of hydrogen-bond acceptors (Lipinski definition) is 0. The normalized spacial score (nSPS) is 38.4. The average Bonchev–Trinajstić information content (AvgIpc) is 2.18. The zero-order valence-corrected chi connectivity index (χ0v) is 10.9. The third kappa shape index (κ3) is 2.10. The molecule has 0 saturated heterocycles. The summed E-state index contributed by atoms with van der Waals surface area (Å²) >= 11 is 0. The lowest BCUT2D eigenvalue weighted by atomic mass is 9.41. The molecule has 0 heterocycles. The van der Waals surface area contributed by atoms with Gasteiger partial charge in [-0.3, -0.25) is 0 Å². The molecule has 0 aromatic heterocycles. The zero-order valence-electron chi connectivity index (χ0n) is 10.9. The van der Waals surface area contributed by atoms with E-state index < -0.39 is 0 Å². The summed E-state index contributed by atoms with van der Waals surface area (Å²) in [6.07, 6.45) is 12.1. The molecule has 2 aliphatic carbocycles. The number of hydrogen-bond donors (Lipinski definition) is 0. The fourth-order valence-corrected chi connectivity index (χ4v) is 3.97. The van der Waals surface area contributed by atoms with Gasteiger partial charge in [0.15, 0.2) is 0 Å². The third-order valence-corrected chi connectivity index (χ3v) is 5.13. The lowest BCUT2D eigenvalue weighted by Crippen LogP contribution is -2.55. The summed E-state index contributed by atoms with van der Waals surface area (Å²) in [4.78, 5) is 0. The van der Waals surface area contributed by atoms with E-state index in [1.54, 1.807) is 19.3 Å². The minimum absolute atomic E-state index is 0.864. The first kappa shape index (κ1) is 11.5. The Balaban J connectivity index is 1.73. The molecule has 0 radical (unpaired) electrons. The van der Waals surface area contributed by atoms with Crippen molar-refractivity contribution in [1.82, 2.24) is 0 Å². The van der Waals surface area contributed by atoms with Crippen molar-refractivity contribution in [3.63, 3.8) is 0 Å². The van der Waals surface area contributed by atoms with Crippen LogP contribution in [0.15, 0.2) is 0 Å². The van der Waals surface area contributed by atoms with E-state index in [9.17, 15) is 0 Å². The number of fused-ring (bicyclic) bond motifs is 1. The molecule has 3 unspecified atom stereocenters. The second-order valence-corrected chi connectivity index (χ2v) is 6.55. The van der Waals surface area contributed by atoms with Crippen molar-refractivity contribution >= 4 is 0 Å². The molecule has 3 atom stereocenters. The Hall–Kier alpha value is 0. The summed E-state index contributed by atoms with van der Waals surface area (Å²) in [6, 6.07) is 0. The van der Waals surface area contributed by atoms with E-state index in [4.69, 9.17) is 0 Å². The summed E-state index contributed by atoms with van der Waals surface area (Å²) in [5.41, 5.74) is 0.864. The van der Waals surface area contributed by atoms with Gasteiger partial charge in [0.2, 0.25) is 0 Å². The van der Waals surface area contributed by atoms with Gasteiger partial charge in [0.05, 0.1) is 0 Å². The zero-order chi connectivity index (χ0) is 10.9. The molecule has 2 aliphatic rings. The second-order valence-electron chi connectivity index (χ2n) is 6.55. The van der Waals surface area contributed by atoms with Gasteiger partial charge in [0, 0.05) is 0 Å². The molecule has 0 aromatic rings. The van der Waals surface area contributed by atoms with Crippen molar-refractivity contribution in [3.8, 4) is 0 Å². The Kier molecular flexibility index (Phi) is 3.42. The maximum atomic E-state index is 2.37. The Morgan fingerprint density at radius 2 is 2.13 bits per heavy atom. The maximum Gasteiger partial charge on any atom is -0.0264 e. The maximum absolute atomic E-state index is 2.37. The van der Waals surface area contributed by atoms with Gasteiger partial charge in [-0.2, -0.15) is 0 Å². The van der Waals surface area contributed by atoms with E-state index in [2.05, 4.69) is 20.8 Å². The smallest absolute Gasteiger partial charge is 0.0264 e. The molecule has 15 heavy (non-hydrogen) atoms. The van der Waals surface area contributed by atoms with Crippen molar-refractivity contribution in [2.45, 2.75) is 72.1 Å². The molecule has 0 bridgehead atoms. The van der Waals surface area contributed by atoms with E-state index in [0.717, 1.165) is 23.2 Å². The fraction of sp³-hybridized carbons (Fsp3) is 1.00. The molecule has 0 aliphatic heterocycles. The van der Waals surface area contributed by atoms with Gasteiger partial charge in [-0.15, -0.1) is 0 Å². The average molecular weight is 208 g/mol. The molecular formula is C15H28.